The van der Waals surface area contributed by atoms with Gasteiger partial charge in [0.2, 0.25) is 0 Å². The van der Waals surface area contributed by atoms with Gasteiger partial charge in [0, 0.05) is 0 Å². The number of methoxy groups -OCH3 is 1. The Morgan fingerprint density at radius 1 is 0.952 bits per heavy atom. The number of nitrogens with one attached hydrogen (secondary N) is 1. The monoisotopic (exact) mass is 305 g/mol. The fourth-order valence-electron chi connectivity index (χ4n) is 2.16. The standard InChI is InChI=1S/C16H19NO3S/c1-11-7-5-6-8-14(11)17-21(18,19)16-10-12(2)15(20-4)9-13(16)3/h5-10,17H,1-4H3. The summed E-state index contributed by atoms with van der Waals surface area (Å²) in [6.07, 6.45) is 0. The van der Waals surface area contributed by atoms with Gasteiger partial charge in [-0.1, -0.05) is 18.2 Å². The second kappa shape index (κ2) is 5.77. The van der Waals surface area contributed by atoms with Crippen LogP contribution >= 0.6 is 0 Å². The van der Waals surface area contributed by atoms with E-state index in [9.17, 15) is 8.42 Å². The highest BCUT2D eigenvalue weighted by Gasteiger charge is 2.19. The maximum atomic E-state index is 12.6. The molecule has 21 heavy (non-hydrogen) atoms. The minimum Gasteiger partial charge on any atom is -0.496 e. The molecule has 0 aliphatic rings. The molecule has 0 amide bonds. The van der Waals surface area contributed by atoms with Gasteiger partial charge in [-0.05, 0) is 55.7 Å². The normalized spacial score (nSPS) is 11.2. The second-order valence-electron chi connectivity index (χ2n) is 5.01. The molecular weight excluding hydrogens is 286 g/mol. The third-order valence-corrected chi connectivity index (χ3v) is 4.88. The van der Waals surface area contributed by atoms with Crippen molar-refractivity contribution in [2.24, 2.45) is 0 Å². The molecule has 0 saturated carbocycles. The number of ether oxygens (including phenoxy) is 1. The predicted octanol–water partition coefficient (Wildman–Crippen LogP) is 3.42. The van der Waals surface area contributed by atoms with Crippen LogP contribution in [0.4, 0.5) is 5.69 Å². The molecule has 4 nitrogen and oxygen atoms in total. The van der Waals surface area contributed by atoms with E-state index in [0.717, 1.165) is 11.1 Å². The molecule has 2 rings (SSSR count). The minimum absolute atomic E-state index is 0.268. The molecule has 0 heterocycles. The molecule has 112 valence electrons. The van der Waals surface area contributed by atoms with Crippen molar-refractivity contribution in [3.8, 4) is 5.75 Å². The highest BCUT2D eigenvalue weighted by molar-refractivity contribution is 7.92. The van der Waals surface area contributed by atoms with E-state index in [2.05, 4.69) is 4.72 Å². The Bertz CT molecular complexity index is 767. The summed E-state index contributed by atoms with van der Waals surface area (Å²) in [4.78, 5) is 0.268. The lowest BCUT2D eigenvalue weighted by Crippen LogP contribution is -2.15. The van der Waals surface area contributed by atoms with Gasteiger partial charge in [-0.25, -0.2) is 8.42 Å². The smallest absolute Gasteiger partial charge is 0.262 e. The van der Waals surface area contributed by atoms with E-state index in [1.54, 1.807) is 38.3 Å². The van der Waals surface area contributed by atoms with Crippen LogP contribution in [-0.4, -0.2) is 15.5 Å². The Morgan fingerprint density at radius 2 is 1.62 bits per heavy atom. The molecule has 0 atom stereocenters. The van der Waals surface area contributed by atoms with Gasteiger partial charge >= 0.3 is 0 Å². The fraction of sp³-hybridized carbons (Fsp3) is 0.250. The number of rotatable bonds is 4. The number of hydrogen-bond donors (Lipinski definition) is 1. The highest BCUT2D eigenvalue weighted by Crippen LogP contribution is 2.27. The summed E-state index contributed by atoms with van der Waals surface area (Å²) < 4.78 is 33.0. The molecule has 0 aromatic heterocycles. The molecule has 0 spiro atoms. The van der Waals surface area contributed by atoms with Crippen LogP contribution in [0, 0.1) is 20.8 Å². The Labute approximate surface area is 125 Å². The van der Waals surface area contributed by atoms with E-state index in [0.29, 0.717) is 17.0 Å². The van der Waals surface area contributed by atoms with Crippen LogP contribution in [0.15, 0.2) is 41.3 Å². The van der Waals surface area contributed by atoms with Crippen molar-refractivity contribution in [2.75, 3.05) is 11.8 Å². The molecule has 1 N–H and O–H groups in total. The Morgan fingerprint density at radius 3 is 2.24 bits per heavy atom. The van der Waals surface area contributed by atoms with E-state index in [-0.39, 0.29) is 4.90 Å². The van der Waals surface area contributed by atoms with Gasteiger partial charge in [0.1, 0.15) is 5.75 Å². The van der Waals surface area contributed by atoms with Crippen molar-refractivity contribution in [2.45, 2.75) is 25.7 Å². The molecule has 0 saturated heterocycles. The van der Waals surface area contributed by atoms with E-state index >= 15 is 0 Å². The largest absolute Gasteiger partial charge is 0.496 e. The zero-order valence-electron chi connectivity index (χ0n) is 12.6. The van der Waals surface area contributed by atoms with Gasteiger partial charge < -0.3 is 4.74 Å². The van der Waals surface area contributed by atoms with Gasteiger partial charge in [0.05, 0.1) is 17.7 Å². The van der Waals surface area contributed by atoms with Crippen molar-refractivity contribution in [3.05, 3.63) is 53.1 Å². The summed E-state index contributed by atoms with van der Waals surface area (Å²) in [6.45, 7) is 5.45. The summed E-state index contributed by atoms with van der Waals surface area (Å²) in [5.74, 6) is 0.683. The first-order chi connectivity index (χ1) is 9.85. The lowest BCUT2D eigenvalue weighted by Gasteiger charge is -2.14. The van der Waals surface area contributed by atoms with Gasteiger partial charge in [-0.2, -0.15) is 0 Å². The summed E-state index contributed by atoms with van der Waals surface area (Å²) >= 11 is 0. The summed E-state index contributed by atoms with van der Waals surface area (Å²) in [5.41, 5.74) is 2.90. The first kappa shape index (κ1) is 15.4. The van der Waals surface area contributed by atoms with E-state index in [1.165, 1.54) is 0 Å². The van der Waals surface area contributed by atoms with Crippen molar-refractivity contribution < 1.29 is 13.2 Å². The van der Waals surface area contributed by atoms with Crippen LogP contribution in [0.1, 0.15) is 16.7 Å². The lowest BCUT2D eigenvalue weighted by atomic mass is 10.1. The Kier molecular flexibility index (Phi) is 4.23. The number of benzene rings is 2. The average molecular weight is 305 g/mol. The zero-order chi connectivity index (χ0) is 15.6. The van der Waals surface area contributed by atoms with E-state index in [1.807, 2.05) is 26.0 Å². The first-order valence-corrected chi connectivity index (χ1v) is 8.07. The van der Waals surface area contributed by atoms with Crippen LogP contribution in [0.2, 0.25) is 0 Å². The third-order valence-electron chi connectivity index (χ3n) is 3.37. The average Bonchev–Trinajstić information content (AvgIpc) is 2.43. The predicted molar refractivity (Wildman–Crippen MR) is 84.5 cm³/mol. The van der Waals surface area contributed by atoms with Crippen molar-refractivity contribution in [1.82, 2.24) is 0 Å². The third kappa shape index (κ3) is 3.19. The van der Waals surface area contributed by atoms with Crippen LogP contribution in [0.5, 0.6) is 5.75 Å². The summed E-state index contributed by atoms with van der Waals surface area (Å²) in [6, 6.07) is 10.7. The number of para-hydroxylation sites is 1. The molecule has 0 unspecified atom stereocenters. The molecule has 2 aromatic rings. The summed E-state index contributed by atoms with van der Waals surface area (Å²) in [7, 11) is -2.05. The Hall–Kier alpha value is -2.01. The van der Waals surface area contributed by atoms with E-state index in [4.69, 9.17) is 4.74 Å². The van der Waals surface area contributed by atoms with Gasteiger partial charge in [0.15, 0.2) is 0 Å². The molecular formula is C16H19NO3S. The highest BCUT2D eigenvalue weighted by atomic mass is 32.2. The minimum atomic E-state index is -3.62. The topological polar surface area (TPSA) is 55.4 Å². The molecule has 0 radical (unpaired) electrons. The first-order valence-electron chi connectivity index (χ1n) is 6.59. The quantitative estimate of drug-likeness (QED) is 0.941. The SMILES string of the molecule is COc1cc(C)c(S(=O)(=O)Nc2ccccc2C)cc1C. The van der Waals surface area contributed by atoms with Gasteiger partial charge in [0.25, 0.3) is 10.0 Å². The van der Waals surface area contributed by atoms with Crippen molar-refractivity contribution in [1.29, 1.82) is 0 Å². The van der Waals surface area contributed by atoms with Crippen LogP contribution < -0.4 is 9.46 Å². The van der Waals surface area contributed by atoms with Crippen LogP contribution in [0.25, 0.3) is 0 Å². The van der Waals surface area contributed by atoms with Gasteiger partial charge in [-0.15, -0.1) is 0 Å². The van der Waals surface area contributed by atoms with Crippen LogP contribution in [0.3, 0.4) is 0 Å². The molecule has 0 aliphatic carbocycles. The molecule has 0 bridgehead atoms. The molecule has 0 aliphatic heterocycles. The van der Waals surface area contributed by atoms with E-state index < -0.39 is 10.0 Å². The maximum absolute atomic E-state index is 12.6. The van der Waals surface area contributed by atoms with Crippen molar-refractivity contribution in [3.63, 3.8) is 0 Å². The Balaban J connectivity index is 2.45. The summed E-state index contributed by atoms with van der Waals surface area (Å²) in [5, 5.41) is 0. The number of hydrogen-bond acceptors (Lipinski definition) is 3. The number of aryl methyl sites for hydroxylation is 3. The lowest BCUT2D eigenvalue weighted by molar-refractivity contribution is 0.411. The maximum Gasteiger partial charge on any atom is 0.262 e. The van der Waals surface area contributed by atoms with Gasteiger partial charge in [-0.3, -0.25) is 4.72 Å². The van der Waals surface area contributed by atoms with Crippen LogP contribution in [-0.2, 0) is 10.0 Å². The molecule has 0 fully saturated rings. The number of sulfonamides is 1. The van der Waals surface area contributed by atoms with Crippen molar-refractivity contribution >= 4 is 15.7 Å². The molecule has 5 heteroatoms. The fourth-order valence-corrected chi connectivity index (χ4v) is 3.60. The molecule has 2 aromatic carbocycles. The zero-order valence-corrected chi connectivity index (χ0v) is 13.4. The number of anilines is 1. The second-order valence-corrected chi connectivity index (χ2v) is 6.66.